The number of carbonyl (C=O) groups is 2. The third-order valence-electron chi connectivity index (χ3n) is 1.64. The fourth-order valence-electron chi connectivity index (χ4n) is 1.05. The van der Waals surface area contributed by atoms with E-state index in [1.165, 1.54) is 0 Å². The molecule has 0 fully saturated rings. The van der Waals surface area contributed by atoms with Gasteiger partial charge in [-0.3, -0.25) is 4.79 Å². The van der Waals surface area contributed by atoms with Gasteiger partial charge in [0.05, 0.1) is 7.11 Å². The zero-order valence-corrected chi connectivity index (χ0v) is 7.28. The molecule has 0 saturated heterocycles. The lowest BCUT2D eigenvalue weighted by molar-refractivity contribution is 0.0692. The summed E-state index contributed by atoms with van der Waals surface area (Å²) in [5.74, 6) is -2.58. The Hall–Kier alpha value is -1.91. The molecule has 14 heavy (non-hydrogen) atoms. The van der Waals surface area contributed by atoms with Crippen molar-refractivity contribution in [3.05, 3.63) is 29.1 Å². The van der Waals surface area contributed by atoms with E-state index in [0.717, 1.165) is 19.2 Å². The Balaban J connectivity index is 3.42. The lowest BCUT2D eigenvalue weighted by Crippen LogP contribution is -2.04. The number of hydrogen-bond acceptors (Lipinski definition) is 3. The van der Waals surface area contributed by atoms with E-state index in [1.807, 2.05) is 0 Å². The number of carbonyl (C=O) groups excluding carboxylic acids is 1. The van der Waals surface area contributed by atoms with Crippen molar-refractivity contribution >= 4 is 12.3 Å². The van der Waals surface area contributed by atoms with Crippen LogP contribution in [0.4, 0.5) is 4.39 Å². The molecule has 74 valence electrons. The first kappa shape index (κ1) is 10.2. The van der Waals surface area contributed by atoms with Crippen LogP contribution in [0, 0.1) is 5.82 Å². The summed E-state index contributed by atoms with van der Waals surface area (Å²) in [7, 11) is 1.16. The number of halogens is 1. The maximum absolute atomic E-state index is 13.1. The number of carboxylic acid groups (broad SMARTS) is 1. The number of benzene rings is 1. The molecule has 5 heteroatoms. The Kier molecular flexibility index (Phi) is 2.81. The van der Waals surface area contributed by atoms with Gasteiger partial charge in [-0.1, -0.05) is 0 Å². The van der Waals surface area contributed by atoms with Crippen molar-refractivity contribution in [3.63, 3.8) is 0 Å². The number of rotatable bonds is 3. The molecule has 0 amide bonds. The molecule has 0 saturated carbocycles. The van der Waals surface area contributed by atoms with Crippen LogP contribution in [0.15, 0.2) is 12.1 Å². The quantitative estimate of drug-likeness (QED) is 0.744. The van der Waals surface area contributed by atoms with Crippen molar-refractivity contribution in [3.8, 4) is 5.75 Å². The van der Waals surface area contributed by atoms with E-state index in [-0.39, 0.29) is 16.9 Å². The summed E-state index contributed by atoms with van der Waals surface area (Å²) < 4.78 is 17.7. The van der Waals surface area contributed by atoms with Crippen LogP contribution in [-0.4, -0.2) is 24.5 Å². The third kappa shape index (κ3) is 1.71. The smallest absolute Gasteiger partial charge is 0.339 e. The highest BCUT2D eigenvalue weighted by molar-refractivity contribution is 5.93. The molecular formula is C9H7FO4. The van der Waals surface area contributed by atoms with E-state index in [9.17, 15) is 14.0 Å². The van der Waals surface area contributed by atoms with Crippen LogP contribution in [-0.2, 0) is 0 Å². The van der Waals surface area contributed by atoms with Crippen molar-refractivity contribution in [1.29, 1.82) is 0 Å². The van der Waals surface area contributed by atoms with Crippen molar-refractivity contribution in [2.75, 3.05) is 7.11 Å². The zero-order valence-electron chi connectivity index (χ0n) is 7.28. The van der Waals surface area contributed by atoms with Crippen LogP contribution in [0.2, 0.25) is 0 Å². The first-order valence-corrected chi connectivity index (χ1v) is 3.66. The molecule has 0 aromatic heterocycles. The topological polar surface area (TPSA) is 63.6 Å². The van der Waals surface area contributed by atoms with E-state index in [4.69, 9.17) is 5.11 Å². The minimum atomic E-state index is -1.34. The van der Waals surface area contributed by atoms with Gasteiger partial charge in [0.15, 0.2) is 11.6 Å². The summed E-state index contributed by atoms with van der Waals surface area (Å²) in [6.07, 6.45) is 0.370. The highest BCUT2D eigenvalue weighted by Crippen LogP contribution is 2.23. The molecule has 0 atom stereocenters. The van der Waals surface area contributed by atoms with Crippen LogP contribution in [0.3, 0.4) is 0 Å². The molecule has 1 aromatic rings. The monoisotopic (exact) mass is 198 g/mol. The Morgan fingerprint density at radius 3 is 2.64 bits per heavy atom. The van der Waals surface area contributed by atoms with Gasteiger partial charge in [0, 0.05) is 5.56 Å². The second-order valence-electron chi connectivity index (χ2n) is 2.51. The average molecular weight is 198 g/mol. The third-order valence-corrected chi connectivity index (χ3v) is 1.64. The fourth-order valence-corrected chi connectivity index (χ4v) is 1.05. The van der Waals surface area contributed by atoms with Gasteiger partial charge < -0.3 is 9.84 Å². The highest BCUT2D eigenvalue weighted by atomic mass is 19.1. The molecule has 0 aliphatic rings. The van der Waals surface area contributed by atoms with Crippen molar-refractivity contribution in [1.82, 2.24) is 0 Å². The normalized spacial score (nSPS) is 9.57. The molecule has 1 rings (SSSR count). The van der Waals surface area contributed by atoms with E-state index >= 15 is 0 Å². The Labute approximate surface area is 78.9 Å². The molecule has 1 N–H and O–H groups in total. The average Bonchev–Trinajstić information content (AvgIpc) is 2.16. The first-order valence-electron chi connectivity index (χ1n) is 3.66. The van der Waals surface area contributed by atoms with Gasteiger partial charge >= 0.3 is 5.97 Å². The van der Waals surface area contributed by atoms with Crippen LogP contribution in [0.25, 0.3) is 0 Å². The largest absolute Gasteiger partial charge is 0.493 e. The molecular weight excluding hydrogens is 191 g/mol. The minimum absolute atomic E-state index is 0.0410. The lowest BCUT2D eigenvalue weighted by atomic mass is 10.1. The Morgan fingerprint density at radius 1 is 1.57 bits per heavy atom. The molecule has 0 bridgehead atoms. The summed E-state index contributed by atoms with van der Waals surface area (Å²) in [6.45, 7) is 0. The highest BCUT2D eigenvalue weighted by Gasteiger charge is 2.16. The van der Waals surface area contributed by atoms with Crippen molar-refractivity contribution < 1.29 is 23.8 Å². The maximum atomic E-state index is 13.1. The van der Waals surface area contributed by atoms with E-state index in [0.29, 0.717) is 6.29 Å². The SMILES string of the molecule is COc1c(F)cc(C=O)cc1C(=O)O. The van der Waals surface area contributed by atoms with Crippen molar-refractivity contribution in [2.24, 2.45) is 0 Å². The van der Waals surface area contributed by atoms with Crippen LogP contribution in [0.5, 0.6) is 5.75 Å². The standard InChI is InChI=1S/C9H7FO4/c1-14-8-6(9(12)13)2-5(4-11)3-7(8)10/h2-4H,1H3,(H,12,13). The minimum Gasteiger partial charge on any atom is -0.493 e. The van der Waals surface area contributed by atoms with Crippen LogP contribution >= 0.6 is 0 Å². The first-order chi connectivity index (χ1) is 6.60. The summed E-state index contributed by atoms with van der Waals surface area (Å²) >= 11 is 0. The molecule has 0 radical (unpaired) electrons. The number of carboxylic acids is 1. The number of methoxy groups -OCH3 is 1. The predicted octanol–water partition coefficient (Wildman–Crippen LogP) is 1.35. The summed E-state index contributed by atoms with van der Waals surface area (Å²) in [5, 5.41) is 8.68. The van der Waals surface area contributed by atoms with E-state index in [1.54, 1.807) is 0 Å². The van der Waals surface area contributed by atoms with Gasteiger partial charge in [0.1, 0.15) is 11.8 Å². The number of aldehydes is 1. The van der Waals surface area contributed by atoms with Crippen LogP contribution < -0.4 is 4.74 Å². The van der Waals surface area contributed by atoms with Gasteiger partial charge in [-0.05, 0) is 12.1 Å². The number of ether oxygens (including phenoxy) is 1. The summed E-state index contributed by atoms with van der Waals surface area (Å²) in [5.41, 5.74) is -0.407. The maximum Gasteiger partial charge on any atom is 0.339 e. The lowest BCUT2D eigenvalue weighted by Gasteiger charge is -2.06. The molecule has 1 aromatic carbocycles. The molecule has 0 aliphatic heterocycles. The molecule has 0 heterocycles. The van der Waals surface area contributed by atoms with Crippen molar-refractivity contribution in [2.45, 2.75) is 0 Å². The number of hydrogen-bond donors (Lipinski definition) is 1. The van der Waals surface area contributed by atoms with Gasteiger partial charge in [0.2, 0.25) is 0 Å². The molecule has 4 nitrogen and oxygen atoms in total. The van der Waals surface area contributed by atoms with E-state index in [2.05, 4.69) is 4.74 Å². The zero-order chi connectivity index (χ0) is 10.7. The Morgan fingerprint density at radius 2 is 2.21 bits per heavy atom. The van der Waals surface area contributed by atoms with Gasteiger partial charge in [-0.2, -0.15) is 0 Å². The van der Waals surface area contributed by atoms with Crippen LogP contribution in [0.1, 0.15) is 20.7 Å². The fraction of sp³-hybridized carbons (Fsp3) is 0.111. The molecule has 0 unspecified atom stereocenters. The predicted molar refractivity (Wildman–Crippen MR) is 45.3 cm³/mol. The van der Waals surface area contributed by atoms with Gasteiger partial charge in [0.25, 0.3) is 0 Å². The molecule has 0 aliphatic carbocycles. The Bertz CT molecular complexity index is 387. The van der Waals surface area contributed by atoms with E-state index < -0.39 is 11.8 Å². The summed E-state index contributed by atoms with van der Waals surface area (Å²) in [4.78, 5) is 21.0. The second-order valence-corrected chi connectivity index (χ2v) is 2.51. The van der Waals surface area contributed by atoms with Gasteiger partial charge in [-0.15, -0.1) is 0 Å². The van der Waals surface area contributed by atoms with Gasteiger partial charge in [-0.25, -0.2) is 9.18 Å². The molecule has 0 spiro atoms. The summed E-state index contributed by atoms with van der Waals surface area (Å²) in [6, 6.07) is 1.97. The second kappa shape index (κ2) is 3.87. The number of aromatic carboxylic acids is 1.